The van der Waals surface area contributed by atoms with Gasteiger partial charge in [0.1, 0.15) is 4.83 Å². The molecule has 0 radical (unpaired) electrons. The second-order valence-corrected chi connectivity index (χ2v) is 9.78. The highest BCUT2D eigenvalue weighted by Gasteiger charge is 2.38. The summed E-state index contributed by atoms with van der Waals surface area (Å²) in [5.41, 5.74) is -1.02. The van der Waals surface area contributed by atoms with E-state index in [1.807, 2.05) is 0 Å². The Balaban J connectivity index is 1.51. The van der Waals surface area contributed by atoms with Crippen molar-refractivity contribution in [3.8, 4) is 0 Å². The minimum Gasteiger partial charge on any atom is -0.335 e. The Bertz CT molecular complexity index is 1190. The number of carbonyl (C=O) groups excluding carboxylic acids is 1. The Hall–Kier alpha value is -2.44. The first-order valence-corrected chi connectivity index (χ1v) is 11.2. The summed E-state index contributed by atoms with van der Waals surface area (Å²) in [6, 6.07) is 9.23. The fourth-order valence-corrected chi connectivity index (χ4v) is 5.87. The molecule has 0 atom stereocenters. The van der Waals surface area contributed by atoms with Crippen molar-refractivity contribution in [2.75, 3.05) is 26.2 Å². The lowest BCUT2D eigenvalue weighted by atomic mass is 10.2. The van der Waals surface area contributed by atoms with Crippen LogP contribution in [0.15, 0.2) is 41.3 Å². The molecule has 0 aliphatic carbocycles. The van der Waals surface area contributed by atoms with E-state index in [-0.39, 0.29) is 46.2 Å². The number of hydrogen-bond donors (Lipinski definition) is 0. The van der Waals surface area contributed by atoms with E-state index < -0.39 is 27.8 Å². The lowest BCUT2D eigenvalue weighted by molar-refractivity contribution is -0.140. The molecule has 4 rings (SSSR count). The van der Waals surface area contributed by atoms with Crippen LogP contribution in [-0.2, 0) is 23.2 Å². The van der Waals surface area contributed by atoms with Crippen LogP contribution in [0.3, 0.4) is 0 Å². The van der Waals surface area contributed by atoms with E-state index in [9.17, 15) is 26.4 Å². The molecular formula is C18H17F3N4O3S2. The van der Waals surface area contributed by atoms with Crippen LogP contribution < -0.4 is 0 Å². The van der Waals surface area contributed by atoms with Crippen molar-refractivity contribution >= 4 is 37.5 Å². The molecule has 12 heteroatoms. The van der Waals surface area contributed by atoms with E-state index >= 15 is 0 Å². The Labute approximate surface area is 174 Å². The third kappa shape index (κ3) is 3.59. The van der Waals surface area contributed by atoms with Crippen LogP contribution in [0.1, 0.15) is 15.4 Å². The minimum atomic E-state index is -4.61. The van der Waals surface area contributed by atoms with Crippen LogP contribution in [0.25, 0.3) is 10.2 Å². The number of halogens is 3. The number of aryl methyl sites for hydroxylation is 1. The van der Waals surface area contributed by atoms with Crippen molar-refractivity contribution in [1.82, 2.24) is 19.0 Å². The third-order valence-corrected chi connectivity index (χ3v) is 8.00. The van der Waals surface area contributed by atoms with Crippen LogP contribution in [-0.4, -0.2) is 59.5 Å². The molecule has 1 saturated heterocycles. The first kappa shape index (κ1) is 20.8. The third-order valence-electron chi connectivity index (χ3n) is 4.90. The van der Waals surface area contributed by atoms with Gasteiger partial charge in [0.05, 0.1) is 9.77 Å². The summed E-state index contributed by atoms with van der Waals surface area (Å²) in [5, 5.41) is 3.40. The van der Waals surface area contributed by atoms with Gasteiger partial charge in [-0.3, -0.25) is 9.48 Å². The van der Waals surface area contributed by atoms with Gasteiger partial charge in [0.15, 0.2) is 5.69 Å². The Kier molecular flexibility index (Phi) is 5.11. The number of alkyl halides is 3. The van der Waals surface area contributed by atoms with Gasteiger partial charge in [-0.15, -0.1) is 11.3 Å². The first-order chi connectivity index (χ1) is 14.1. The summed E-state index contributed by atoms with van der Waals surface area (Å²) in [6.07, 6.45) is -4.61. The maximum atomic E-state index is 13.2. The number of rotatable bonds is 3. The normalized spacial score (nSPS) is 16.3. The van der Waals surface area contributed by atoms with Crippen LogP contribution in [0.5, 0.6) is 0 Å². The number of hydrogen-bond acceptors (Lipinski definition) is 5. The summed E-state index contributed by atoms with van der Waals surface area (Å²) >= 11 is 0.943. The van der Waals surface area contributed by atoms with Gasteiger partial charge in [-0.05, 0) is 18.2 Å². The summed E-state index contributed by atoms with van der Waals surface area (Å²) in [5.74, 6) is -0.416. The molecular weight excluding hydrogens is 441 g/mol. The fraction of sp³-hybridized carbons (Fsp3) is 0.333. The number of benzene rings is 1. The highest BCUT2D eigenvalue weighted by Crippen LogP contribution is 2.37. The number of nitrogens with zero attached hydrogens (tertiary/aromatic N) is 4. The first-order valence-electron chi connectivity index (χ1n) is 8.97. The smallest absolute Gasteiger partial charge is 0.335 e. The van der Waals surface area contributed by atoms with Gasteiger partial charge < -0.3 is 4.90 Å². The van der Waals surface area contributed by atoms with Crippen LogP contribution in [0.4, 0.5) is 13.2 Å². The molecule has 1 aliphatic heterocycles. The van der Waals surface area contributed by atoms with E-state index in [1.165, 1.54) is 34.5 Å². The molecule has 30 heavy (non-hydrogen) atoms. The van der Waals surface area contributed by atoms with Crippen molar-refractivity contribution in [3.63, 3.8) is 0 Å². The zero-order valence-corrected chi connectivity index (χ0v) is 17.4. The van der Waals surface area contributed by atoms with E-state index in [0.717, 1.165) is 16.0 Å². The Morgan fingerprint density at radius 3 is 2.33 bits per heavy atom. The SMILES string of the molecule is Cn1nc(C(F)(F)F)c2cc(C(=O)N3CCN(S(=O)(=O)c4ccccc4)CC3)sc21. The molecule has 1 fully saturated rings. The number of carbonyl (C=O) groups is 1. The zero-order valence-electron chi connectivity index (χ0n) is 15.8. The van der Waals surface area contributed by atoms with Crippen molar-refractivity contribution in [3.05, 3.63) is 47.0 Å². The molecule has 0 saturated carbocycles. The molecule has 0 N–H and O–H groups in total. The number of aromatic nitrogens is 2. The maximum Gasteiger partial charge on any atom is 0.435 e. The average molecular weight is 458 g/mol. The summed E-state index contributed by atoms with van der Waals surface area (Å²) in [4.78, 5) is 14.9. The number of fused-ring (bicyclic) bond motifs is 1. The summed E-state index contributed by atoms with van der Waals surface area (Å²) in [6.45, 7) is 0.541. The summed E-state index contributed by atoms with van der Waals surface area (Å²) in [7, 11) is -2.26. The summed E-state index contributed by atoms with van der Waals surface area (Å²) < 4.78 is 67.3. The van der Waals surface area contributed by atoms with Crippen molar-refractivity contribution in [2.24, 2.45) is 7.05 Å². The van der Waals surface area contributed by atoms with Gasteiger partial charge in [0.25, 0.3) is 5.91 Å². The molecule has 0 bridgehead atoms. The number of thiophene rings is 1. The molecule has 2 aromatic heterocycles. The van der Waals surface area contributed by atoms with Gasteiger partial charge in [-0.1, -0.05) is 18.2 Å². The minimum absolute atomic E-state index is 0.108. The molecule has 3 aromatic rings. The van der Waals surface area contributed by atoms with Crippen molar-refractivity contribution in [2.45, 2.75) is 11.1 Å². The quantitative estimate of drug-likeness (QED) is 0.605. The lowest BCUT2D eigenvalue weighted by Crippen LogP contribution is -2.50. The molecule has 1 aromatic carbocycles. The van der Waals surface area contributed by atoms with Gasteiger partial charge in [-0.2, -0.15) is 22.6 Å². The highest BCUT2D eigenvalue weighted by atomic mass is 32.2. The van der Waals surface area contributed by atoms with E-state index in [1.54, 1.807) is 18.2 Å². The van der Waals surface area contributed by atoms with Crippen molar-refractivity contribution < 1.29 is 26.4 Å². The van der Waals surface area contributed by atoms with Crippen LogP contribution in [0.2, 0.25) is 0 Å². The van der Waals surface area contributed by atoms with Gasteiger partial charge >= 0.3 is 6.18 Å². The number of sulfonamides is 1. The number of amides is 1. The highest BCUT2D eigenvalue weighted by molar-refractivity contribution is 7.89. The van der Waals surface area contributed by atoms with Gasteiger partial charge in [0, 0.05) is 38.6 Å². The van der Waals surface area contributed by atoms with Gasteiger partial charge in [-0.25, -0.2) is 8.42 Å². The van der Waals surface area contributed by atoms with E-state index in [2.05, 4.69) is 5.10 Å². The zero-order chi connectivity index (χ0) is 21.7. The Morgan fingerprint density at radius 2 is 1.73 bits per heavy atom. The molecule has 3 heterocycles. The van der Waals surface area contributed by atoms with E-state index in [4.69, 9.17) is 0 Å². The lowest BCUT2D eigenvalue weighted by Gasteiger charge is -2.33. The molecule has 0 spiro atoms. The predicted molar refractivity (Wildman–Crippen MR) is 105 cm³/mol. The molecule has 1 aliphatic rings. The molecule has 0 unspecified atom stereocenters. The number of piperazine rings is 1. The molecule has 7 nitrogen and oxygen atoms in total. The second-order valence-electron chi connectivity index (χ2n) is 6.81. The average Bonchev–Trinajstić information content (AvgIpc) is 3.28. The second kappa shape index (κ2) is 7.36. The standard InChI is InChI=1S/C18H17F3N4O3S2/c1-23-17-13(15(22-23)18(19,20)21)11-14(29-17)16(26)24-7-9-25(10-8-24)30(27,28)12-5-3-2-4-6-12/h2-6,11H,7-10H2,1H3. The predicted octanol–water partition coefficient (Wildman–Crippen LogP) is 2.80. The monoisotopic (exact) mass is 458 g/mol. The van der Waals surface area contributed by atoms with E-state index in [0.29, 0.717) is 0 Å². The Morgan fingerprint density at radius 1 is 1.10 bits per heavy atom. The fourth-order valence-electron chi connectivity index (χ4n) is 3.38. The largest absolute Gasteiger partial charge is 0.435 e. The maximum absolute atomic E-state index is 13.2. The van der Waals surface area contributed by atoms with Crippen molar-refractivity contribution in [1.29, 1.82) is 0 Å². The van der Waals surface area contributed by atoms with Crippen LogP contribution >= 0.6 is 11.3 Å². The topological polar surface area (TPSA) is 75.5 Å². The molecule has 1 amide bonds. The van der Waals surface area contributed by atoms with Crippen LogP contribution in [0, 0.1) is 0 Å². The molecule has 160 valence electrons. The van der Waals surface area contributed by atoms with Gasteiger partial charge in [0.2, 0.25) is 10.0 Å².